The first-order valence-corrected chi connectivity index (χ1v) is 7.55. The molecule has 0 spiro atoms. The fourth-order valence-corrected chi connectivity index (χ4v) is 2.78. The summed E-state index contributed by atoms with van der Waals surface area (Å²) < 4.78 is 13.2. The summed E-state index contributed by atoms with van der Waals surface area (Å²) in [6.45, 7) is 2.08. The fourth-order valence-electron chi connectivity index (χ4n) is 2.35. The second-order valence-electron chi connectivity index (χ2n) is 5.17. The molecule has 2 aromatic rings. The molecule has 0 aliphatic heterocycles. The number of aryl methyl sites for hydroxylation is 1. The van der Waals surface area contributed by atoms with Crippen molar-refractivity contribution in [3.8, 4) is 0 Å². The van der Waals surface area contributed by atoms with E-state index in [1.54, 1.807) is 12.1 Å². The Morgan fingerprint density at radius 3 is 2.35 bits per heavy atom. The minimum absolute atomic E-state index is 0.173. The first kappa shape index (κ1) is 15.3. The van der Waals surface area contributed by atoms with E-state index in [0.717, 1.165) is 18.4 Å². The van der Waals surface area contributed by atoms with Crippen LogP contribution in [0.2, 0.25) is 5.02 Å². The van der Waals surface area contributed by atoms with Crippen molar-refractivity contribution >= 4 is 23.2 Å². The highest BCUT2D eigenvalue weighted by Crippen LogP contribution is 2.21. The molecule has 0 aliphatic rings. The summed E-state index contributed by atoms with van der Waals surface area (Å²) in [5.41, 5.74) is 3.55. The zero-order valence-corrected chi connectivity index (χ0v) is 12.9. The van der Waals surface area contributed by atoms with Crippen LogP contribution >= 0.6 is 23.2 Å². The van der Waals surface area contributed by atoms with Gasteiger partial charge in [0.15, 0.2) is 0 Å². The summed E-state index contributed by atoms with van der Waals surface area (Å²) in [6, 6.07) is 13.3. The van der Waals surface area contributed by atoms with E-state index in [9.17, 15) is 4.39 Å². The first-order valence-electron chi connectivity index (χ1n) is 6.64. The molecular weight excluding hydrogens is 294 g/mol. The average molecular weight is 311 g/mol. The maximum Gasteiger partial charge on any atom is 0.141 e. The molecule has 1 unspecified atom stereocenters. The van der Waals surface area contributed by atoms with Crippen LogP contribution in [0, 0.1) is 18.7 Å². The van der Waals surface area contributed by atoms with Crippen LogP contribution in [0.1, 0.15) is 16.7 Å². The Morgan fingerprint density at radius 2 is 1.75 bits per heavy atom. The van der Waals surface area contributed by atoms with Crippen molar-refractivity contribution < 1.29 is 4.39 Å². The van der Waals surface area contributed by atoms with Crippen LogP contribution in [0.25, 0.3) is 0 Å². The van der Waals surface area contributed by atoms with Crippen molar-refractivity contribution in [1.82, 2.24) is 0 Å². The van der Waals surface area contributed by atoms with Gasteiger partial charge < -0.3 is 0 Å². The van der Waals surface area contributed by atoms with Gasteiger partial charge in [0.05, 0.1) is 5.02 Å². The van der Waals surface area contributed by atoms with Crippen molar-refractivity contribution in [2.45, 2.75) is 19.8 Å². The number of alkyl halides is 1. The van der Waals surface area contributed by atoms with Crippen molar-refractivity contribution in [3.63, 3.8) is 0 Å². The van der Waals surface area contributed by atoms with Gasteiger partial charge in [0.2, 0.25) is 0 Å². The molecule has 0 saturated carbocycles. The Kier molecular flexibility index (Phi) is 5.45. The summed E-state index contributed by atoms with van der Waals surface area (Å²) in [5, 5.41) is 0.173. The van der Waals surface area contributed by atoms with Crippen LogP contribution < -0.4 is 0 Å². The number of halogens is 3. The number of rotatable bonds is 5. The molecule has 0 N–H and O–H groups in total. The van der Waals surface area contributed by atoms with Gasteiger partial charge in [0.1, 0.15) is 5.82 Å². The molecule has 0 aliphatic carbocycles. The zero-order chi connectivity index (χ0) is 14.5. The fraction of sp³-hybridized carbons (Fsp3) is 0.294. The quantitative estimate of drug-likeness (QED) is 0.646. The molecule has 2 rings (SSSR count). The van der Waals surface area contributed by atoms with Crippen LogP contribution in [-0.4, -0.2) is 5.88 Å². The molecule has 0 radical (unpaired) electrons. The van der Waals surface area contributed by atoms with Gasteiger partial charge >= 0.3 is 0 Å². The van der Waals surface area contributed by atoms with E-state index in [1.165, 1.54) is 17.2 Å². The molecule has 0 bridgehead atoms. The normalized spacial score (nSPS) is 12.4. The van der Waals surface area contributed by atoms with Gasteiger partial charge in [-0.3, -0.25) is 0 Å². The summed E-state index contributed by atoms with van der Waals surface area (Å²) >= 11 is 11.9. The molecule has 0 nitrogen and oxygen atoms in total. The highest BCUT2D eigenvalue weighted by Gasteiger charge is 2.11. The molecule has 0 fully saturated rings. The van der Waals surface area contributed by atoms with Gasteiger partial charge in [-0.05, 0) is 48.9 Å². The third-order valence-corrected chi connectivity index (χ3v) is 4.06. The lowest BCUT2D eigenvalue weighted by Gasteiger charge is -2.15. The highest BCUT2D eigenvalue weighted by atomic mass is 35.5. The van der Waals surface area contributed by atoms with Gasteiger partial charge in [0, 0.05) is 5.88 Å². The molecule has 3 heteroatoms. The van der Waals surface area contributed by atoms with Crippen molar-refractivity contribution in [1.29, 1.82) is 0 Å². The van der Waals surface area contributed by atoms with E-state index in [2.05, 4.69) is 31.2 Å². The minimum atomic E-state index is -0.378. The van der Waals surface area contributed by atoms with Crippen molar-refractivity contribution in [2.24, 2.45) is 5.92 Å². The number of hydrogen-bond donors (Lipinski definition) is 0. The van der Waals surface area contributed by atoms with E-state index in [-0.39, 0.29) is 10.8 Å². The summed E-state index contributed by atoms with van der Waals surface area (Å²) in [4.78, 5) is 0. The summed E-state index contributed by atoms with van der Waals surface area (Å²) in [7, 11) is 0. The molecular formula is C17H17Cl2F. The Morgan fingerprint density at radius 1 is 1.05 bits per heavy atom. The maximum absolute atomic E-state index is 13.2. The van der Waals surface area contributed by atoms with E-state index in [0.29, 0.717) is 11.8 Å². The monoisotopic (exact) mass is 310 g/mol. The van der Waals surface area contributed by atoms with E-state index in [1.807, 2.05) is 0 Å². The van der Waals surface area contributed by atoms with Crippen LogP contribution in [-0.2, 0) is 12.8 Å². The molecule has 0 amide bonds. The molecule has 2 aromatic carbocycles. The van der Waals surface area contributed by atoms with Crippen LogP contribution in [0.4, 0.5) is 4.39 Å². The summed E-state index contributed by atoms with van der Waals surface area (Å²) in [5.74, 6) is 0.514. The van der Waals surface area contributed by atoms with Gasteiger partial charge in [-0.25, -0.2) is 4.39 Å². The van der Waals surface area contributed by atoms with Crippen molar-refractivity contribution in [3.05, 3.63) is 70.0 Å². The standard InChI is InChI=1S/C17H17Cl2F/c1-12-3-2-4-13(7-12)8-15(11-18)9-14-5-6-17(20)16(19)10-14/h2-7,10,15H,8-9,11H2,1H3. The van der Waals surface area contributed by atoms with E-state index in [4.69, 9.17) is 23.2 Å². The first-order chi connectivity index (χ1) is 9.58. The lowest BCUT2D eigenvalue weighted by Crippen LogP contribution is -2.10. The third kappa shape index (κ3) is 4.22. The molecule has 106 valence electrons. The minimum Gasteiger partial charge on any atom is -0.205 e. The lowest BCUT2D eigenvalue weighted by atomic mass is 9.93. The van der Waals surface area contributed by atoms with Gasteiger partial charge in [-0.15, -0.1) is 11.6 Å². The summed E-state index contributed by atoms with van der Waals surface area (Å²) in [6.07, 6.45) is 1.72. The smallest absolute Gasteiger partial charge is 0.141 e. The highest BCUT2D eigenvalue weighted by molar-refractivity contribution is 6.30. The van der Waals surface area contributed by atoms with Crippen LogP contribution in [0.5, 0.6) is 0 Å². The third-order valence-electron chi connectivity index (χ3n) is 3.33. The van der Waals surface area contributed by atoms with Gasteiger partial charge in [-0.1, -0.05) is 47.5 Å². The molecule has 0 aromatic heterocycles. The van der Waals surface area contributed by atoms with E-state index >= 15 is 0 Å². The lowest BCUT2D eigenvalue weighted by molar-refractivity contribution is 0.581. The Balaban J connectivity index is 2.07. The molecule has 1 atom stereocenters. The average Bonchev–Trinajstić information content (AvgIpc) is 2.42. The van der Waals surface area contributed by atoms with Crippen LogP contribution in [0.3, 0.4) is 0 Å². The zero-order valence-electron chi connectivity index (χ0n) is 11.4. The predicted octanol–water partition coefficient (Wildman–Crippen LogP) is 5.43. The van der Waals surface area contributed by atoms with Gasteiger partial charge in [0.25, 0.3) is 0 Å². The topological polar surface area (TPSA) is 0 Å². The Labute approximate surface area is 129 Å². The Hall–Kier alpha value is -1.05. The Bertz CT molecular complexity index is 581. The number of benzene rings is 2. The molecule has 0 heterocycles. The second-order valence-corrected chi connectivity index (χ2v) is 5.88. The maximum atomic E-state index is 13.2. The number of hydrogen-bond acceptors (Lipinski definition) is 0. The SMILES string of the molecule is Cc1cccc(CC(CCl)Cc2ccc(F)c(Cl)c2)c1. The molecule has 0 saturated heterocycles. The predicted molar refractivity (Wildman–Crippen MR) is 84.2 cm³/mol. The van der Waals surface area contributed by atoms with Crippen LogP contribution in [0.15, 0.2) is 42.5 Å². The van der Waals surface area contributed by atoms with E-state index < -0.39 is 0 Å². The van der Waals surface area contributed by atoms with Crippen molar-refractivity contribution in [2.75, 3.05) is 5.88 Å². The molecule has 20 heavy (non-hydrogen) atoms. The largest absolute Gasteiger partial charge is 0.205 e. The second kappa shape index (κ2) is 7.10. The van der Waals surface area contributed by atoms with Gasteiger partial charge in [-0.2, -0.15) is 0 Å².